The zero-order valence-corrected chi connectivity index (χ0v) is 19.0. The summed E-state index contributed by atoms with van der Waals surface area (Å²) in [6.45, 7) is 4.81. The van der Waals surface area contributed by atoms with Gasteiger partial charge < -0.3 is 24.4 Å². The molecule has 1 N–H and O–H groups in total. The molecular formula is C24H24FN3O4S. The predicted molar refractivity (Wildman–Crippen MR) is 125 cm³/mol. The minimum Gasteiger partial charge on any atom is -0.486 e. The molecule has 9 heteroatoms. The van der Waals surface area contributed by atoms with Crippen LogP contribution in [0.4, 0.5) is 10.1 Å². The van der Waals surface area contributed by atoms with Crippen molar-refractivity contribution >= 4 is 28.9 Å². The van der Waals surface area contributed by atoms with Crippen molar-refractivity contribution in [1.82, 2.24) is 10.2 Å². The monoisotopic (exact) mass is 469 g/mol. The highest BCUT2D eigenvalue weighted by Crippen LogP contribution is 2.39. The Morgan fingerprint density at radius 1 is 1.06 bits per heavy atom. The third-order valence-electron chi connectivity index (χ3n) is 5.98. The average Bonchev–Trinajstić information content (AvgIpc) is 2.84. The number of carbonyl (C=O) groups is 1. The molecule has 0 bridgehead atoms. The molecule has 2 aromatic rings. The molecule has 1 amide bonds. The number of amides is 1. The molecule has 0 spiro atoms. The van der Waals surface area contributed by atoms with Crippen LogP contribution in [-0.2, 0) is 9.53 Å². The Hall–Kier alpha value is -3.17. The number of thiocarbonyl (C=S) groups is 1. The maximum atomic E-state index is 14.1. The van der Waals surface area contributed by atoms with E-state index in [-0.39, 0.29) is 11.7 Å². The molecule has 0 radical (unpaired) electrons. The first-order chi connectivity index (χ1) is 16.0. The van der Waals surface area contributed by atoms with Crippen molar-refractivity contribution in [1.29, 1.82) is 0 Å². The second-order valence-electron chi connectivity index (χ2n) is 8.00. The molecule has 1 unspecified atom stereocenters. The number of hydrogen-bond acceptors (Lipinski definition) is 5. The lowest BCUT2D eigenvalue weighted by atomic mass is 9.93. The van der Waals surface area contributed by atoms with E-state index in [1.54, 1.807) is 17.0 Å². The van der Waals surface area contributed by atoms with E-state index in [0.29, 0.717) is 73.0 Å². The molecule has 1 fully saturated rings. The van der Waals surface area contributed by atoms with E-state index in [9.17, 15) is 9.18 Å². The Balaban J connectivity index is 1.60. The Kier molecular flexibility index (Phi) is 5.90. The summed E-state index contributed by atoms with van der Waals surface area (Å²) in [6.07, 6.45) is 0. The summed E-state index contributed by atoms with van der Waals surface area (Å²) in [5.41, 5.74) is 2.58. The van der Waals surface area contributed by atoms with Crippen LogP contribution in [0.1, 0.15) is 18.5 Å². The van der Waals surface area contributed by atoms with E-state index in [1.807, 2.05) is 30.0 Å². The smallest absolute Gasteiger partial charge is 0.254 e. The van der Waals surface area contributed by atoms with E-state index in [2.05, 4.69) is 5.32 Å². The number of nitrogens with one attached hydrogen (secondary N) is 1. The van der Waals surface area contributed by atoms with Crippen LogP contribution in [0.5, 0.6) is 11.5 Å². The van der Waals surface area contributed by atoms with Crippen LogP contribution < -0.4 is 19.7 Å². The number of fused-ring (bicyclic) bond motifs is 1. The number of anilines is 1. The van der Waals surface area contributed by atoms with Crippen molar-refractivity contribution in [3.63, 3.8) is 0 Å². The number of hydrogen-bond donors (Lipinski definition) is 1. The third kappa shape index (κ3) is 4.14. The zero-order valence-electron chi connectivity index (χ0n) is 18.2. The van der Waals surface area contributed by atoms with Crippen LogP contribution >= 0.6 is 12.2 Å². The van der Waals surface area contributed by atoms with Gasteiger partial charge in [-0.1, -0.05) is 12.1 Å². The van der Waals surface area contributed by atoms with Gasteiger partial charge in [-0.2, -0.15) is 0 Å². The fourth-order valence-electron chi connectivity index (χ4n) is 4.38. The fourth-order valence-corrected chi connectivity index (χ4v) is 4.74. The van der Waals surface area contributed by atoms with Gasteiger partial charge in [0.25, 0.3) is 5.91 Å². The molecule has 172 valence electrons. The molecule has 0 aromatic heterocycles. The summed E-state index contributed by atoms with van der Waals surface area (Å²) < 4.78 is 30.9. The van der Waals surface area contributed by atoms with E-state index in [1.165, 1.54) is 12.1 Å². The van der Waals surface area contributed by atoms with E-state index >= 15 is 0 Å². The van der Waals surface area contributed by atoms with Crippen molar-refractivity contribution in [2.24, 2.45) is 0 Å². The second-order valence-corrected chi connectivity index (χ2v) is 8.39. The summed E-state index contributed by atoms with van der Waals surface area (Å²) in [7, 11) is 0. The van der Waals surface area contributed by atoms with Gasteiger partial charge in [-0.05, 0) is 49.0 Å². The van der Waals surface area contributed by atoms with Gasteiger partial charge in [0.15, 0.2) is 16.6 Å². The minimum absolute atomic E-state index is 0.123. The second kappa shape index (κ2) is 8.99. The summed E-state index contributed by atoms with van der Waals surface area (Å²) in [4.78, 5) is 17.3. The number of ether oxygens (including phenoxy) is 3. The molecule has 3 aliphatic rings. The quantitative estimate of drug-likeness (QED) is 0.693. The number of rotatable bonds is 3. The molecule has 0 aliphatic carbocycles. The Morgan fingerprint density at radius 3 is 2.58 bits per heavy atom. The lowest BCUT2D eigenvalue weighted by molar-refractivity contribution is -0.131. The number of morpholine rings is 1. The fraction of sp³-hybridized carbons (Fsp3) is 0.333. The van der Waals surface area contributed by atoms with E-state index in [4.69, 9.17) is 26.4 Å². The highest BCUT2D eigenvalue weighted by molar-refractivity contribution is 7.80. The van der Waals surface area contributed by atoms with Gasteiger partial charge in [-0.3, -0.25) is 9.69 Å². The molecule has 33 heavy (non-hydrogen) atoms. The molecule has 7 nitrogen and oxygen atoms in total. The normalized spacial score (nSPS) is 20.5. The first-order valence-electron chi connectivity index (χ1n) is 10.9. The van der Waals surface area contributed by atoms with Crippen LogP contribution in [-0.4, -0.2) is 55.4 Å². The molecule has 3 aliphatic heterocycles. The maximum Gasteiger partial charge on any atom is 0.254 e. The van der Waals surface area contributed by atoms with E-state index in [0.717, 1.165) is 5.69 Å². The van der Waals surface area contributed by atoms with Crippen molar-refractivity contribution in [3.8, 4) is 11.5 Å². The average molecular weight is 470 g/mol. The molecule has 3 heterocycles. The van der Waals surface area contributed by atoms with Gasteiger partial charge in [0.05, 0.1) is 30.5 Å². The van der Waals surface area contributed by atoms with Crippen molar-refractivity contribution < 1.29 is 23.4 Å². The van der Waals surface area contributed by atoms with Crippen LogP contribution in [0.3, 0.4) is 0 Å². The number of carbonyl (C=O) groups excluding carboxylic acids is 1. The molecule has 0 saturated carbocycles. The summed E-state index contributed by atoms with van der Waals surface area (Å²) in [5, 5.41) is 3.68. The standard InChI is InChI=1S/C24H24FN3O4S/c1-15-21(23(29)27-7-9-30-10-8-27)22(16-3-2-4-17(25)13-16)26-24(33)28(15)18-5-6-19-20(14-18)32-12-11-31-19/h2-6,13-14,22H,7-12H2,1H3,(H,26,33). The molecular weight excluding hydrogens is 445 g/mol. The van der Waals surface area contributed by atoms with Gasteiger partial charge >= 0.3 is 0 Å². The van der Waals surface area contributed by atoms with Gasteiger partial charge in [-0.15, -0.1) is 0 Å². The minimum atomic E-state index is -0.572. The van der Waals surface area contributed by atoms with E-state index < -0.39 is 6.04 Å². The molecule has 1 saturated heterocycles. The van der Waals surface area contributed by atoms with Crippen LogP contribution in [0.15, 0.2) is 53.7 Å². The number of nitrogens with zero attached hydrogens (tertiary/aromatic N) is 2. The highest BCUT2D eigenvalue weighted by Gasteiger charge is 2.37. The van der Waals surface area contributed by atoms with Crippen LogP contribution in [0, 0.1) is 5.82 Å². The van der Waals surface area contributed by atoms with Crippen LogP contribution in [0.25, 0.3) is 0 Å². The largest absolute Gasteiger partial charge is 0.486 e. The SMILES string of the molecule is CC1=C(C(=O)N2CCOCC2)C(c2cccc(F)c2)NC(=S)N1c1ccc2c(c1)OCCO2. The number of benzene rings is 2. The zero-order chi connectivity index (χ0) is 22.9. The Morgan fingerprint density at radius 2 is 1.82 bits per heavy atom. The Bertz CT molecular complexity index is 1130. The molecule has 5 rings (SSSR count). The van der Waals surface area contributed by atoms with Crippen molar-refractivity contribution in [2.45, 2.75) is 13.0 Å². The number of halogens is 1. The van der Waals surface area contributed by atoms with Gasteiger partial charge in [0.1, 0.15) is 19.0 Å². The first-order valence-corrected chi connectivity index (χ1v) is 11.3. The van der Waals surface area contributed by atoms with Gasteiger partial charge in [0, 0.05) is 24.9 Å². The Labute approximate surface area is 196 Å². The summed E-state index contributed by atoms with van der Waals surface area (Å²) >= 11 is 5.72. The van der Waals surface area contributed by atoms with Crippen molar-refractivity contribution in [3.05, 3.63) is 65.1 Å². The lowest BCUT2D eigenvalue weighted by Gasteiger charge is -2.40. The molecule has 2 aromatic carbocycles. The number of allylic oxidation sites excluding steroid dienone is 1. The van der Waals surface area contributed by atoms with Crippen molar-refractivity contribution in [2.75, 3.05) is 44.4 Å². The third-order valence-corrected chi connectivity index (χ3v) is 6.28. The van der Waals surface area contributed by atoms with Gasteiger partial charge in [0.2, 0.25) is 0 Å². The molecule has 1 atom stereocenters. The van der Waals surface area contributed by atoms with Gasteiger partial charge in [-0.25, -0.2) is 4.39 Å². The summed E-state index contributed by atoms with van der Waals surface area (Å²) in [6, 6.07) is 11.2. The topological polar surface area (TPSA) is 63.3 Å². The summed E-state index contributed by atoms with van der Waals surface area (Å²) in [5.74, 6) is 0.806. The van der Waals surface area contributed by atoms with Crippen LogP contribution in [0.2, 0.25) is 0 Å². The highest BCUT2D eigenvalue weighted by atomic mass is 32.1. The first kappa shape index (κ1) is 21.7. The maximum absolute atomic E-state index is 14.1. The predicted octanol–water partition coefficient (Wildman–Crippen LogP) is 3.17. The lowest BCUT2D eigenvalue weighted by Crippen LogP contribution is -2.51.